The van der Waals surface area contributed by atoms with E-state index in [1.165, 1.54) is 12.3 Å². The topological polar surface area (TPSA) is 53.1 Å². The van der Waals surface area contributed by atoms with Crippen molar-refractivity contribution in [1.29, 1.82) is 0 Å². The summed E-state index contributed by atoms with van der Waals surface area (Å²) in [6.45, 7) is 0. The third-order valence-corrected chi connectivity index (χ3v) is 3.17. The fraction of sp³-hybridized carbons (Fsp3) is 0. The van der Waals surface area contributed by atoms with Gasteiger partial charge in [0.15, 0.2) is 0 Å². The van der Waals surface area contributed by atoms with E-state index in [1.54, 1.807) is 6.07 Å². The Morgan fingerprint density at radius 1 is 1.21 bits per heavy atom. The number of halogens is 2. The molecule has 0 saturated heterocycles. The third kappa shape index (κ3) is 1.36. The molecule has 0 saturated carbocycles. The lowest BCUT2D eigenvalue weighted by atomic mass is 10.2. The molecule has 1 aromatic carbocycles. The Labute approximate surface area is 96.0 Å². The highest BCUT2D eigenvalue weighted by Crippen LogP contribution is 2.27. The summed E-state index contributed by atoms with van der Waals surface area (Å²) in [6.07, 6.45) is 1.51. The zero-order chi connectivity index (χ0) is 10.3. The summed E-state index contributed by atoms with van der Waals surface area (Å²) in [7, 11) is 0. The van der Waals surface area contributed by atoms with Gasteiger partial charge in [-0.25, -0.2) is 0 Å². The molecule has 0 aliphatic rings. The first-order chi connectivity index (χ1) is 6.61. The minimum Gasteiger partial charge on any atom is -0.506 e. The van der Waals surface area contributed by atoms with Crippen LogP contribution in [-0.4, -0.2) is 10.1 Å². The molecule has 0 amide bonds. The lowest BCUT2D eigenvalue weighted by Crippen LogP contribution is -2.04. The van der Waals surface area contributed by atoms with Crippen molar-refractivity contribution in [1.82, 2.24) is 4.98 Å². The highest BCUT2D eigenvalue weighted by atomic mass is 79.9. The van der Waals surface area contributed by atoms with E-state index in [0.717, 1.165) is 0 Å². The van der Waals surface area contributed by atoms with Gasteiger partial charge in [-0.05, 0) is 44.0 Å². The molecule has 5 heteroatoms. The Kier molecular flexibility index (Phi) is 2.36. The average Bonchev–Trinajstić information content (AvgIpc) is 2.16. The number of hydrogen-bond donors (Lipinski definition) is 2. The van der Waals surface area contributed by atoms with Gasteiger partial charge < -0.3 is 10.1 Å². The van der Waals surface area contributed by atoms with Crippen LogP contribution >= 0.6 is 31.9 Å². The van der Waals surface area contributed by atoms with E-state index in [-0.39, 0.29) is 11.2 Å². The number of phenols is 1. The summed E-state index contributed by atoms with van der Waals surface area (Å²) in [5.41, 5.74) is 0.286. The fourth-order valence-electron chi connectivity index (χ4n) is 1.25. The number of hydrogen-bond acceptors (Lipinski definition) is 2. The SMILES string of the molecule is O=c1c(Br)c[nH]c2c(O)ccc(Br)c12. The van der Waals surface area contributed by atoms with Gasteiger partial charge in [0.2, 0.25) is 5.43 Å². The van der Waals surface area contributed by atoms with Crippen LogP contribution in [0.15, 0.2) is 32.1 Å². The number of benzene rings is 1. The molecule has 0 atom stereocenters. The Morgan fingerprint density at radius 3 is 2.64 bits per heavy atom. The maximum Gasteiger partial charge on any atom is 0.204 e. The average molecular weight is 319 g/mol. The number of pyridine rings is 1. The van der Waals surface area contributed by atoms with E-state index >= 15 is 0 Å². The van der Waals surface area contributed by atoms with Gasteiger partial charge in [-0.15, -0.1) is 0 Å². The molecule has 2 N–H and O–H groups in total. The van der Waals surface area contributed by atoms with Gasteiger partial charge in [0.05, 0.1) is 15.4 Å². The van der Waals surface area contributed by atoms with Gasteiger partial charge in [-0.3, -0.25) is 4.79 Å². The van der Waals surface area contributed by atoms with Crippen LogP contribution in [0, 0.1) is 0 Å². The maximum absolute atomic E-state index is 11.7. The Hall–Kier alpha value is -0.810. The van der Waals surface area contributed by atoms with Gasteiger partial charge in [0.1, 0.15) is 5.75 Å². The van der Waals surface area contributed by atoms with Crippen molar-refractivity contribution >= 4 is 42.8 Å². The molecule has 0 bridgehead atoms. The van der Waals surface area contributed by atoms with Crippen LogP contribution in [0.1, 0.15) is 0 Å². The lowest BCUT2D eigenvalue weighted by molar-refractivity contribution is 0.480. The highest BCUT2D eigenvalue weighted by molar-refractivity contribution is 9.11. The molecule has 2 aromatic rings. The van der Waals surface area contributed by atoms with Gasteiger partial charge >= 0.3 is 0 Å². The molecule has 3 nitrogen and oxygen atoms in total. The number of aromatic nitrogens is 1. The molecule has 0 unspecified atom stereocenters. The van der Waals surface area contributed by atoms with Gasteiger partial charge in [0.25, 0.3) is 0 Å². The lowest BCUT2D eigenvalue weighted by Gasteiger charge is -2.02. The number of H-pyrrole nitrogens is 1. The number of phenolic OH excluding ortho intramolecular Hbond substituents is 1. The minimum atomic E-state index is -0.151. The number of rotatable bonds is 0. The van der Waals surface area contributed by atoms with E-state index in [4.69, 9.17) is 0 Å². The summed E-state index contributed by atoms with van der Waals surface area (Å²) in [5.74, 6) is 0.0628. The van der Waals surface area contributed by atoms with Crippen molar-refractivity contribution in [3.8, 4) is 5.75 Å². The zero-order valence-corrected chi connectivity index (χ0v) is 10.0. The van der Waals surface area contributed by atoms with Gasteiger partial charge in [0, 0.05) is 10.7 Å². The van der Waals surface area contributed by atoms with E-state index in [1.807, 2.05) is 0 Å². The summed E-state index contributed by atoms with van der Waals surface area (Å²) in [4.78, 5) is 14.5. The molecule has 1 heterocycles. The van der Waals surface area contributed by atoms with Crippen molar-refractivity contribution in [2.45, 2.75) is 0 Å². The number of aromatic amines is 1. The van der Waals surface area contributed by atoms with Crippen molar-refractivity contribution in [3.63, 3.8) is 0 Å². The molecule has 1 aromatic heterocycles. The second kappa shape index (κ2) is 3.40. The van der Waals surface area contributed by atoms with Crippen molar-refractivity contribution < 1.29 is 5.11 Å². The Balaban J connectivity index is 3.09. The molecule has 0 spiro atoms. The Morgan fingerprint density at radius 2 is 1.93 bits per heavy atom. The predicted molar refractivity (Wildman–Crippen MR) is 61.6 cm³/mol. The molecular weight excluding hydrogens is 314 g/mol. The molecule has 0 aliphatic carbocycles. The first-order valence-corrected chi connectivity index (χ1v) is 5.38. The normalized spacial score (nSPS) is 10.7. The smallest absolute Gasteiger partial charge is 0.204 e. The van der Waals surface area contributed by atoms with Crippen LogP contribution in [0.4, 0.5) is 0 Å². The second-order valence-electron chi connectivity index (χ2n) is 2.78. The van der Waals surface area contributed by atoms with Crippen LogP contribution in [-0.2, 0) is 0 Å². The van der Waals surface area contributed by atoms with E-state index in [9.17, 15) is 9.90 Å². The number of nitrogens with one attached hydrogen (secondary N) is 1. The Bertz CT molecular complexity index is 562. The van der Waals surface area contributed by atoms with Crippen molar-refractivity contribution in [2.24, 2.45) is 0 Å². The van der Waals surface area contributed by atoms with E-state index in [2.05, 4.69) is 36.8 Å². The van der Waals surface area contributed by atoms with Crippen LogP contribution in [0.3, 0.4) is 0 Å². The molecule has 0 aliphatic heterocycles. The number of fused-ring (bicyclic) bond motifs is 1. The first-order valence-electron chi connectivity index (χ1n) is 3.79. The van der Waals surface area contributed by atoms with Gasteiger partial charge in [-0.2, -0.15) is 0 Å². The predicted octanol–water partition coefficient (Wildman–Crippen LogP) is 2.76. The van der Waals surface area contributed by atoms with E-state index < -0.39 is 0 Å². The first kappa shape index (κ1) is 9.73. The van der Waals surface area contributed by atoms with Crippen LogP contribution in [0.2, 0.25) is 0 Å². The van der Waals surface area contributed by atoms with Gasteiger partial charge in [-0.1, -0.05) is 0 Å². The summed E-state index contributed by atoms with van der Waals surface area (Å²) >= 11 is 6.39. The van der Waals surface area contributed by atoms with Crippen LogP contribution in [0.25, 0.3) is 10.9 Å². The quantitative estimate of drug-likeness (QED) is 0.784. The van der Waals surface area contributed by atoms with E-state index in [0.29, 0.717) is 19.8 Å². The summed E-state index contributed by atoms with van der Waals surface area (Å²) < 4.78 is 1.10. The molecule has 0 fully saturated rings. The zero-order valence-electron chi connectivity index (χ0n) is 6.84. The standard InChI is InChI=1S/C9H5Br2NO2/c10-4-1-2-6(13)8-7(4)9(14)5(11)3-12-8/h1-3,13H,(H,12,14). The fourth-order valence-corrected chi connectivity index (χ4v) is 2.08. The maximum atomic E-state index is 11.7. The third-order valence-electron chi connectivity index (χ3n) is 1.92. The van der Waals surface area contributed by atoms with Crippen molar-refractivity contribution in [2.75, 3.05) is 0 Å². The summed E-state index contributed by atoms with van der Waals surface area (Å²) in [6, 6.07) is 3.16. The molecule has 14 heavy (non-hydrogen) atoms. The molecular formula is C9H5Br2NO2. The summed E-state index contributed by atoms with van der Waals surface area (Å²) in [5, 5.41) is 9.95. The van der Waals surface area contributed by atoms with Crippen LogP contribution in [0.5, 0.6) is 5.75 Å². The molecule has 0 radical (unpaired) electrons. The van der Waals surface area contributed by atoms with Crippen molar-refractivity contribution in [3.05, 3.63) is 37.5 Å². The molecule has 72 valence electrons. The second-order valence-corrected chi connectivity index (χ2v) is 4.49. The monoisotopic (exact) mass is 317 g/mol. The van der Waals surface area contributed by atoms with Crippen LogP contribution < -0.4 is 5.43 Å². The molecule has 2 rings (SSSR count). The largest absolute Gasteiger partial charge is 0.506 e. The highest BCUT2D eigenvalue weighted by Gasteiger charge is 2.09. The number of aromatic hydroxyl groups is 1. The minimum absolute atomic E-state index is 0.0628.